The second kappa shape index (κ2) is 8.20. The molecule has 0 radical (unpaired) electrons. The molecule has 0 aromatic heterocycles. The summed E-state index contributed by atoms with van der Waals surface area (Å²) in [7, 11) is 3.01. The lowest BCUT2D eigenvalue weighted by atomic mass is 10.2. The Bertz CT molecular complexity index is 797. The molecule has 0 aliphatic heterocycles. The van der Waals surface area contributed by atoms with Crippen molar-refractivity contribution in [3.05, 3.63) is 51.5 Å². The van der Waals surface area contributed by atoms with Crippen LogP contribution in [0.15, 0.2) is 36.4 Å². The van der Waals surface area contributed by atoms with E-state index in [1.807, 2.05) is 0 Å². The Kier molecular flexibility index (Phi) is 6.02. The molecular formula is C16H16ClN3O5. The molecule has 2 aromatic rings. The SMILES string of the molecule is COc1ccc(NC(=O)CNc2ccc(Cl)c([N+](=O)[O-])c2)c(OC)c1. The number of rotatable bonds is 7. The van der Waals surface area contributed by atoms with E-state index in [4.69, 9.17) is 21.1 Å². The molecule has 2 rings (SSSR count). The molecular weight excluding hydrogens is 350 g/mol. The van der Waals surface area contributed by atoms with Gasteiger partial charge in [-0.15, -0.1) is 0 Å². The highest BCUT2D eigenvalue weighted by Gasteiger charge is 2.13. The number of benzene rings is 2. The van der Waals surface area contributed by atoms with Crippen LogP contribution in [-0.4, -0.2) is 31.6 Å². The third-order valence-corrected chi connectivity index (χ3v) is 3.60. The quantitative estimate of drug-likeness (QED) is 0.576. The number of anilines is 2. The summed E-state index contributed by atoms with van der Waals surface area (Å²) in [6.07, 6.45) is 0. The zero-order valence-electron chi connectivity index (χ0n) is 13.5. The predicted molar refractivity (Wildman–Crippen MR) is 94.8 cm³/mol. The summed E-state index contributed by atoms with van der Waals surface area (Å²) in [6.45, 7) is -0.0893. The van der Waals surface area contributed by atoms with Gasteiger partial charge in [-0.25, -0.2) is 0 Å². The molecule has 0 aliphatic carbocycles. The van der Waals surface area contributed by atoms with E-state index < -0.39 is 4.92 Å². The van der Waals surface area contributed by atoms with Crippen LogP contribution in [-0.2, 0) is 4.79 Å². The molecule has 0 saturated carbocycles. The average Bonchev–Trinajstić information content (AvgIpc) is 2.61. The Morgan fingerprint density at radius 2 is 1.96 bits per heavy atom. The number of nitro benzene ring substituents is 1. The molecule has 0 bridgehead atoms. The Labute approximate surface area is 148 Å². The summed E-state index contributed by atoms with van der Waals surface area (Å²) in [5.41, 5.74) is 0.661. The molecule has 0 spiro atoms. The number of methoxy groups -OCH3 is 2. The normalized spacial score (nSPS) is 10.0. The second-order valence-corrected chi connectivity index (χ2v) is 5.30. The number of nitrogens with zero attached hydrogens (tertiary/aromatic N) is 1. The largest absolute Gasteiger partial charge is 0.497 e. The van der Waals surface area contributed by atoms with Crippen LogP contribution in [0.5, 0.6) is 11.5 Å². The molecule has 0 heterocycles. The van der Waals surface area contributed by atoms with Gasteiger partial charge >= 0.3 is 0 Å². The molecule has 0 aliphatic rings. The number of amides is 1. The van der Waals surface area contributed by atoms with Crippen LogP contribution >= 0.6 is 11.6 Å². The van der Waals surface area contributed by atoms with E-state index in [-0.39, 0.29) is 23.2 Å². The van der Waals surface area contributed by atoms with Crippen LogP contribution < -0.4 is 20.1 Å². The van der Waals surface area contributed by atoms with Gasteiger partial charge in [-0.1, -0.05) is 11.6 Å². The molecule has 132 valence electrons. The zero-order valence-corrected chi connectivity index (χ0v) is 14.3. The first-order valence-corrected chi connectivity index (χ1v) is 7.52. The minimum Gasteiger partial charge on any atom is -0.497 e. The van der Waals surface area contributed by atoms with Crippen molar-refractivity contribution in [2.45, 2.75) is 0 Å². The molecule has 9 heteroatoms. The van der Waals surface area contributed by atoms with Crippen LogP contribution in [0.25, 0.3) is 0 Å². The van der Waals surface area contributed by atoms with Crippen LogP contribution in [0.2, 0.25) is 5.02 Å². The number of halogens is 1. The molecule has 8 nitrogen and oxygen atoms in total. The van der Waals surface area contributed by atoms with Crippen molar-refractivity contribution in [2.24, 2.45) is 0 Å². The van der Waals surface area contributed by atoms with Crippen LogP contribution in [0.1, 0.15) is 0 Å². The van der Waals surface area contributed by atoms with Gasteiger partial charge in [0.05, 0.1) is 31.4 Å². The van der Waals surface area contributed by atoms with Crippen molar-refractivity contribution in [1.82, 2.24) is 0 Å². The molecule has 25 heavy (non-hydrogen) atoms. The van der Waals surface area contributed by atoms with Gasteiger partial charge in [-0.05, 0) is 24.3 Å². The number of nitro groups is 1. The summed E-state index contributed by atoms with van der Waals surface area (Å²) in [4.78, 5) is 22.4. The van der Waals surface area contributed by atoms with Crippen molar-refractivity contribution in [2.75, 3.05) is 31.4 Å². The maximum atomic E-state index is 12.1. The number of carbonyl (C=O) groups is 1. The molecule has 0 fully saturated rings. The first-order valence-electron chi connectivity index (χ1n) is 7.14. The van der Waals surface area contributed by atoms with E-state index in [1.165, 1.54) is 26.4 Å². The Balaban J connectivity index is 2.02. The maximum absolute atomic E-state index is 12.1. The summed E-state index contributed by atoms with van der Waals surface area (Å²) < 4.78 is 10.3. The van der Waals surface area contributed by atoms with Gasteiger partial charge in [0.15, 0.2) is 0 Å². The topological polar surface area (TPSA) is 103 Å². The van der Waals surface area contributed by atoms with Crippen LogP contribution in [0, 0.1) is 10.1 Å². The lowest BCUT2D eigenvalue weighted by Gasteiger charge is -2.12. The number of hydrogen-bond acceptors (Lipinski definition) is 6. The predicted octanol–water partition coefficient (Wildman–Crippen LogP) is 3.32. The lowest BCUT2D eigenvalue weighted by molar-refractivity contribution is -0.384. The standard InChI is InChI=1S/C16H16ClN3O5/c1-24-11-4-6-13(15(8-11)25-2)19-16(21)9-18-10-3-5-12(17)14(7-10)20(22)23/h3-8,18H,9H2,1-2H3,(H,19,21). The lowest BCUT2D eigenvalue weighted by Crippen LogP contribution is -2.22. The summed E-state index contributed by atoms with van der Waals surface area (Å²) in [5.74, 6) is 0.706. The number of carbonyl (C=O) groups excluding carboxylic acids is 1. The summed E-state index contributed by atoms with van der Waals surface area (Å²) in [6, 6.07) is 9.20. The monoisotopic (exact) mass is 365 g/mol. The van der Waals surface area contributed by atoms with Gasteiger partial charge in [-0.3, -0.25) is 14.9 Å². The van der Waals surface area contributed by atoms with E-state index >= 15 is 0 Å². The van der Waals surface area contributed by atoms with Crippen molar-refractivity contribution < 1.29 is 19.2 Å². The molecule has 2 N–H and O–H groups in total. The van der Waals surface area contributed by atoms with Crippen LogP contribution in [0.4, 0.5) is 17.1 Å². The van der Waals surface area contributed by atoms with E-state index in [9.17, 15) is 14.9 Å². The van der Waals surface area contributed by atoms with E-state index in [0.717, 1.165) is 0 Å². The molecule has 0 saturated heterocycles. The van der Waals surface area contributed by atoms with E-state index in [1.54, 1.807) is 24.3 Å². The molecule has 2 aromatic carbocycles. The molecule has 0 atom stereocenters. The highest BCUT2D eigenvalue weighted by atomic mass is 35.5. The van der Waals surface area contributed by atoms with Crippen LogP contribution in [0.3, 0.4) is 0 Å². The van der Waals surface area contributed by atoms with Crippen molar-refractivity contribution in [3.8, 4) is 11.5 Å². The third kappa shape index (κ3) is 4.74. The molecule has 1 amide bonds. The van der Waals surface area contributed by atoms with Crippen molar-refractivity contribution in [1.29, 1.82) is 0 Å². The van der Waals surface area contributed by atoms with Gasteiger partial charge in [0.1, 0.15) is 16.5 Å². The Morgan fingerprint density at radius 3 is 2.60 bits per heavy atom. The van der Waals surface area contributed by atoms with Crippen molar-refractivity contribution >= 4 is 34.6 Å². The van der Waals surface area contributed by atoms with Crippen molar-refractivity contribution in [3.63, 3.8) is 0 Å². The van der Waals surface area contributed by atoms with Gasteiger partial charge in [0, 0.05) is 17.8 Å². The number of hydrogen-bond donors (Lipinski definition) is 2. The number of ether oxygens (including phenoxy) is 2. The smallest absolute Gasteiger partial charge is 0.289 e. The fraction of sp³-hybridized carbons (Fsp3) is 0.188. The first-order chi connectivity index (χ1) is 11.9. The molecule has 0 unspecified atom stereocenters. The summed E-state index contributed by atoms with van der Waals surface area (Å²) in [5, 5.41) is 16.4. The van der Waals surface area contributed by atoms with Gasteiger partial charge in [0.2, 0.25) is 5.91 Å². The zero-order chi connectivity index (χ0) is 18.4. The van der Waals surface area contributed by atoms with Gasteiger partial charge in [0.25, 0.3) is 5.69 Å². The first kappa shape index (κ1) is 18.3. The highest BCUT2D eigenvalue weighted by molar-refractivity contribution is 6.32. The average molecular weight is 366 g/mol. The van der Waals surface area contributed by atoms with E-state index in [2.05, 4.69) is 10.6 Å². The number of nitrogens with one attached hydrogen (secondary N) is 2. The summed E-state index contributed by atoms with van der Waals surface area (Å²) >= 11 is 5.75. The Morgan fingerprint density at radius 1 is 1.20 bits per heavy atom. The highest BCUT2D eigenvalue weighted by Crippen LogP contribution is 2.29. The van der Waals surface area contributed by atoms with Gasteiger partial charge in [-0.2, -0.15) is 0 Å². The third-order valence-electron chi connectivity index (χ3n) is 3.28. The second-order valence-electron chi connectivity index (χ2n) is 4.89. The Hall–Kier alpha value is -3.00. The fourth-order valence-electron chi connectivity index (χ4n) is 2.04. The minimum atomic E-state index is -0.587. The maximum Gasteiger partial charge on any atom is 0.289 e. The van der Waals surface area contributed by atoms with Gasteiger partial charge < -0.3 is 20.1 Å². The minimum absolute atomic E-state index is 0.0305. The fourth-order valence-corrected chi connectivity index (χ4v) is 2.23. The van der Waals surface area contributed by atoms with E-state index in [0.29, 0.717) is 22.9 Å².